The standard InChI is InChI=1S/C9H12FIN2O/c1-14-3-2-13-9-4-6(10)7(11)5-8(9)12/h4-5,13H,2-3,12H2,1H3. The van der Waals surface area contributed by atoms with Crippen LogP contribution in [0.15, 0.2) is 12.1 Å². The molecular formula is C9H12FIN2O. The smallest absolute Gasteiger partial charge is 0.138 e. The van der Waals surface area contributed by atoms with Gasteiger partial charge in [-0.05, 0) is 28.7 Å². The summed E-state index contributed by atoms with van der Waals surface area (Å²) in [4.78, 5) is 0. The summed E-state index contributed by atoms with van der Waals surface area (Å²) in [6.45, 7) is 1.17. The highest BCUT2D eigenvalue weighted by Gasteiger charge is 2.04. The van der Waals surface area contributed by atoms with Crippen molar-refractivity contribution in [3.8, 4) is 0 Å². The fourth-order valence-electron chi connectivity index (χ4n) is 1.00. The van der Waals surface area contributed by atoms with Crippen molar-refractivity contribution in [3.05, 3.63) is 21.5 Å². The number of rotatable bonds is 4. The molecule has 0 aliphatic heterocycles. The second kappa shape index (κ2) is 5.35. The maximum atomic E-state index is 13.1. The van der Waals surface area contributed by atoms with E-state index in [0.29, 0.717) is 28.1 Å². The van der Waals surface area contributed by atoms with Gasteiger partial charge in [0, 0.05) is 19.7 Å². The lowest BCUT2D eigenvalue weighted by molar-refractivity contribution is 0.211. The molecule has 0 heterocycles. The van der Waals surface area contributed by atoms with Crippen LogP contribution in [0.25, 0.3) is 0 Å². The van der Waals surface area contributed by atoms with Crippen LogP contribution in [0.5, 0.6) is 0 Å². The Morgan fingerprint density at radius 2 is 2.29 bits per heavy atom. The molecule has 1 aromatic carbocycles. The third-order valence-electron chi connectivity index (χ3n) is 1.71. The van der Waals surface area contributed by atoms with E-state index in [1.54, 1.807) is 13.2 Å². The molecule has 1 aromatic rings. The molecule has 0 unspecified atom stereocenters. The topological polar surface area (TPSA) is 47.3 Å². The molecule has 0 aliphatic rings. The highest BCUT2D eigenvalue weighted by Crippen LogP contribution is 2.23. The zero-order chi connectivity index (χ0) is 10.6. The van der Waals surface area contributed by atoms with Gasteiger partial charge in [0.2, 0.25) is 0 Å². The molecule has 14 heavy (non-hydrogen) atoms. The van der Waals surface area contributed by atoms with E-state index in [1.165, 1.54) is 6.07 Å². The summed E-state index contributed by atoms with van der Waals surface area (Å²) in [5.74, 6) is -0.264. The monoisotopic (exact) mass is 310 g/mol. The highest BCUT2D eigenvalue weighted by molar-refractivity contribution is 14.1. The van der Waals surface area contributed by atoms with Crippen molar-refractivity contribution in [1.82, 2.24) is 0 Å². The number of benzene rings is 1. The largest absolute Gasteiger partial charge is 0.397 e. The average molecular weight is 310 g/mol. The zero-order valence-corrected chi connectivity index (χ0v) is 9.97. The van der Waals surface area contributed by atoms with Gasteiger partial charge in [0.25, 0.3) is 0 Å². The Morgan fingerprint density at radius 3 is 2.93 bits per heavy atom. The van der Waals surface area contributed by atoms with Gasteiger partial charge in [0.05, 0.1) is 21.6 Å². The molecule has 0 saturated heterocycles. The normalized spacial score (nSPS) is 10.2. The van der Waals surface area contributed by atoms with E-state index in [9.17, 15) is 4.39 Å². The molecule has 0 aromatic heterocycles. The van der Waals surface area contributed by atoms with Crippen molar-refractivity contribution in [3.63, 3.8) is 0 Å². The van der Waals surface area contributed by atoms with Gasteiger partial charge in [0.15, 0.2) is 0 Å². The van der Waals surface area contributed by atoms with E-state index < -0.39 is 0 Å². The van der Waals surface area contributed by atoms with Crippen molar-refractivity contribution in [1.29, 1.82) is 0 Å². The van der Waals surface area contributed by atoms with Gasteiger partial charge in [-0.25, -0.2) is 4.39 Å². The number of hydrogen-bond donors (Lipinski definition) is 2. The summed E-state index contributed by atoms with van der Waals surface area (Å²) in [6, 6.07) is 3.00. The maximum Gasteiger partial charge on any atom is 0.138 e. The van der Waals surface area contributed by atoms with E-state index >= 15 is 0 Å². The van der Waals surface area contributed by atoms with Crippen LogP contribution in [-0.4, -0.2) is 20.3 Å². The molecule has 0 aliphatic carbocycles. The summed E-state index contributed by atoms with van der Waals surface area (Å²) < 4.78 is 18.5. The molecule has 0 amide bonds. The Kier molecular flexibility index (Phi) is 4.40. The van der Waals surface area contributed by atoms with Crippen LogP contribution >= 0.6 is 22.6 Å². The van der Waals surface area contributed by atoms with Crippen LogP contribution in [0.4, 0.5) is 15.8 Å². The predicted molar refractivity (Wildman–Crippen MR) is 63.9 cm³/mol. The van der Waals surface area contributed by atoms with Crippen LogP contribution < -0.4 is 11.1 Å². The summed E-state index contributed by atoms with van der Waals surface area (Å²) >= 11 is 1.90. The Hall–Kier alpha value is -0.560. The van der Waals surface area contributed by atoms with Crippen LogP contribution in [0.3, 0.4) is 0 Å². The summed E-state index contributed by atoms with van der Waals surface area (Å²) in [5.41, 5.74) is 6.86. The van der Waals surface area contributed by atoms with Crippen LogP contribution in [0.1, 0.15) is 0 Å². The Morgan fingerprint density at radius 1 is 1.57 bits per heavy atom. The van der Waals surface area contributed by atoms with E-state index in [-0.39, 0.29) is 5.82 Å². The second-order valence-electron chi connectivity index (χ2n) is 2.77. The number of ether oxygens (including phenoxy) is 1. The first-order valence-electron chi connectivity index (χ1n) is 4.12. The van der Waals surface area contributed by atoms with Crippen molar-refractivity contribution < 1.29 is 9.13 Å². The van der Waals surface area contributed by atoms with E-state index in [1.807, 2.05) is 22.6 Å². The fourth-order valence-corrected chi connectivity index (χ4v) is 1.49. The number of hydrogen-bond acceptors (Lipinski definition) is 3. The SMILES string of the molecule is COCCNc1cc(F)c(I)cc1N. The van der Waals surface area contributed by atoms with Gasteiger partial charge in [0.1, 0.15) is 5.82 Å². The number of nitrogens with one attached hydrogen (secondary N) is 1. The van der Waals surface area contributed by atoms with Crippen LogP contribution in [0.2, 0.25) is 0 Å². The third kappa shape index (κ3) is 2.98. The molecule has 0 atom stereocenters. The summed E-state index contributed by atoms with van der Waals surface area (Å²) in [7, 11) is 1.61. The number of methoxy groups -OCH3 is 1. The minimum atomic E-state index is -0.264. The highest BCUT2D eigenvalue weighted by atomic mass is 127. The molecular weight excluding hydrogens is 298 g/mol. The summed E-state index contributed by atoms with van der Waals surface area (Å²) in [6.07, 6.45) is 0. The molecule has 1 rings (SSSR count). The molecule has 78 valence electrons. The maximum absolute atomic E-state index is 13.1. The number of anilines is 2. The van der Waals surface area contributed by atoms with E-state index in [4.69, 9.17) is 10.5 Å². The van der Waals surface area contributed by atoms with Gasteiger partial charge in [-0.3, -0.25) is 0 Å². The summed E-state index contributed by atoms with van der Waals surface area (Å²) in [5, 5.41) is 2.99. The molecule has 0 spiro atoms. The van der Waals surface area contributed by atoms with Gasteiger partial charge in [-0.15, -0.1) is 0 Å². The Labute approximate surface area is 96.0 Å². The molecule has 3 nitrogen and oxygen atoms in total. The minimum absolute atomic E-state index is 0.264. The van der Waals surface area contributed by atoms with Crippen molar-refractivity contribution in [2.45, 2.75) is 0 Å². The van der Waals surface area contributed by atoms with Crippen LogP contribution in [-0.2, 0) is 4.74 Å². The average Bonchev–Trinajstić information content (AvgIpc) is 2.14. The minimum Gasteiger partial charge on any atom is -0.397 e. The number of nitrogens with two attached hydrogens (primary N) is 1. The fraction of sp³-hybridized carbons (Fsp3) is 0.333. The zero-order valence-electron chi connectivity index (χ0n) is 7.81. The van der Waals surface area contributed by atoms with Crippen molar-refractivity contribution >= 4 is 34.0 Å². The third-order valence-corrected chi connectivity index (χ3v) is 2.54. The lowest BCUT2D eigenvalue weighted by Crippen LogP contribution is -2.09. The quantitative estimate of drug-likeness (QED) is 0.508. The lowest BCUT2D eigenvalue weighted by atomic mass is 10.2. The first kappa shape index (κ1) is 11.5. The second-order valence-corrected chi connectivity index (χ2v) is 3.94. The predicted octanol–water partition coefficient (Wildman–Crippen LogP) is 2.07. The van der Waals surface area contributed by atoms with E-state index in [2.05, 4.69) is 5.32 Å². The van der Waals surface area contributed by atoms with Gasteiger partial charge >= 0.3 is 0 Å². The number of nitrogen functional groups attached to an aromatic ring is 1. The van der Waals surface area contributed by atoms with Crippen molar-refractivity contribution in [2.75, 3.05) is 31.3 Å². The molecule has 3 N–H and O–H groups in total. The van der Waals surface area contributed by atoms with Crippen LogP contribution in [0, 0.1) is 9.39 Å². The van der Waals surface area contributed by atoms with Gasteiger partial charge < -0.3 is 15.8 Å². The Bertz CT molecular complexity index is 320. The van der Waals surface area contributed by atoms with Gasteiger partial charge in [-0.1, -0.05) is 0 Å². The first-order chi connectivity index (χ1) is 6.65. The van der Waals surface area contributed by atoms with Gasteiger partial charge in [-0.2, -0.15) is 0 Å². The Balaban J connectivity index is 2.72. The first-order valence-corrected chi connectivity index (χ1v) is 5.20. The molecule has 0 saturated carbocycles. The molecule has 0 bridgehead atoms. The lowest BCUT2D eigenvalue weighted by Gasteiger charge is -2.09. The number of halogens is 2. The molecule has 0 radical (unpaired) electrons. The van der Waals surface area contributed by atoms with E-state index in [0.717, 1.165) is 0 Å². The van der Waals surface area contributed by atoms with Crippen molar-refractivity contribution in [2.24, 2.45) is 0 Å². The molecule has 0 fully saturated rings. The molecule has 5 heteroatoms.